The zero-order valence-electron chi connectivity index (χ0n) is 12.0. The van der Waals surface area contributed by atoms with E-state index in [1.54, 1.807) is 13.8 Å². The van der Waals surface area contributed by atoms with Gasteiger partial charge >= 0.3 is 0 Å². The van der Waals surface area contributed by atoms with Gasteiger partial charge in [-0.3, -0.25) is 21.7 Å². The monoisotopic (exact) mass is 339 g/mol. The van der Waals surface area contributed by atoms with Crippen LogP contribution in [0.4, 0.5) is 0 Å². The molecule has 9 nitrogen and oxygen atoms in total. The highest BCUT2D eigenvalue weighted by atomic mass is 32.1. The number of hydrogen-bond acceptors (Lipinski definition) is 7. The highest BCUT2D eigenvalue weighted by molar-refractivity contribution is 7.80. The second-order valence-corrected chi connectivity index (χ2v) is 4.79. The van der Waals surface area contributed by atoms with Crippen molar-refractivity contribution in [1.82, 2.24) is 26.7 Å². The molecule has 1 aromatic rings. The largest absolute Gasteiger partial charge is 0.300 e. The molecule has 0 saturated heterocycles. The fourth-order valence-electron chi connectivity index (χ4n) is 1.29. The van der Waals surface area contributed by atoms with Gasteiger partial charge in [0.2, 0.25) is 10.2 Å². The van der Waals surface area contributed by atoms with Crippen LogP contribution in [0.2, 0.25) is 0 Å². The van der Waals surface area contributed by atoms with Crippen molar-refractivity contribution in [2.24, 2.45) is 21.9 Å². The maximum Gasteiger partial charge on any atom is 0.201 e. The molecular formula is C11H17N9S2. The Balaban J connectivity index is 2.89. The first kappa shape index (κ1) is 17.8. The first-order chi connectivity index (χ1) is 10.5. The SMILES string of the molecule is C/C(=N\NC(=S)NN)c1cccc(/C(C)=N/NC(=S)NN)n1. The molecule has 22 heavy (non-hydrogen) atoms. The summed E-state index contributed by atoms with van der Waals surface area (Å²) in [5.74, 6) is 10.3. The predicted octanol–water partition coefficient (Wildman–Crippen LogP) is -0.795. The van der Waals surface area contributed by atoms with Gasteiger partial charge in [0, 0.05) is 0 Å². The molecule has 0 bridgehead atoms. The molecule has 1 aromatic heterocycles. The normalized spacial score (nSPS) is 11.6. The number of nitrogens with two attached hydrogens (primary N) is 2. The van der Waals surface area contributed by atoms with E-state index in [1.807, 2.05) is 18.2 Å². The van der Waals surface area contributed by atoms with Gasteiger partial charge in [-0.2, -0.15) is 10.2 Å². The molecule has 0 fully saturated rings. The molecule has 0 radical (unpaired) electrons. The van der Waals surface area contributed by atoms with Crippen molar-refractivity contribution in [1.29, 1.82) is 0 Å². The lowest BCUT2D eigenvalue weighted by atomic mass is 10.2. The zero-order valence-corrected chi connectivity index (χ0v) is 13.7. The average Bonchev–Trinajstić information content (AvgIpc) is 2.56. The molecule has 0 atom stereocenters. The van der Waals surface area contributed by atoms with Crippen LogP contribution in [0.25, 0.3) is 0 Å². The Morgan fingerprint density at radius 1 is 0.955 bits per heavy atom. The van der Waals surface area contributed by atoms with E-state index in [4.69, 9.17) is 36.1 Å². The summed E-state index contributed by atoms with van der Waals surface area (Å²) in [4.78, 5) is 4.45. The molecule has 0 saturated carbocycles. The van der Waals surface area contributed by atoms with E-state index in [2.05, 4.69) is 36.9 Å². The molecule has 0 aliphatic carbocycles. The molecule has 8 N–H and O–H groups in total. The van der Waals surface area contributed by atoms with Gasteiger partial charge < -0.3 is 0 Å². The number of rotatable bonds is 4. The average molecular weight is 339 g/mol. The minimum Gasteiger partial charge on any atom is -0.300 e. The van der Waals surface area contributed by atoms with Crippen LogP contribution in [0, 0.1) is 0 Å². The summed E-state index contributed by atoms with van der Waals surface area (Å²) < 4.78 is 0. The lowest BCUT2D eigenvalue weighted by Gasteiger charge is -2.06. The standard InChI is InChI=1S/C11H17N9S2/c1-6(17-19-10(21)15-12)8-4-3-5-9(14-8)7(2)18-20-11(22)16-13/h3-5H,12-13H2,1-2H3,(H2,15,19,21)(H2,16,20,22)/b17-6+,18-7+. The van der Waals surface area contributed by atoms with E-state index in [1.165, 1.54) is 0 Å². The van der Waals surface area contributed by atoms with Gasteiger partial charge in [0.25, 0.3) is 0 Å². The van der Waals surface area contributed by atoms with Crippen LogP contribution >= 0.6 is 24.4 Å². The molecule has 1 heterocycles. The minimum atomic E-state index is 0.209. The first-order valence-electron chi connectivity index (χ1n) is 6.07. The number of pyridine rings is 1. The molecule has 11 heteroatoms. The number of hydrazine groups is 2. The molecule has 0 aromatic carbocycles. The van der Waals surface area contributed by atoms with E-state index in [0.29, 0.717) is 22.8 Å². The highest BCUT2D eigenvalue weighted by Crippen LogP contribution is 2.02. The molecule has 0 amide bonds. The third-order valence-electron chi connectivity index (χ3n) is 2.40. The number of hydrazone groups is 2. The summed E-state index contributed by atoms with van der Waals surface area (Å²) in [6.07, 6.45) is 0. The van der Waals surface area contributed by atoms with Gasteiger partial charge in [0.15, 0.2) is 0 Å². The van der Waals surface area contributed by atoms with E-state index in [-0.39, 0.29) is 10.2 Å². The fourth-order valence-corrected chi connectivity index (χ4v) is 1.38. The fraction of sp³-hybridized carbons (Fsp3) is 0.182. The zero-order chi connectivity index (χ0) is 16.5. The Kier molecular flexibility index (Phi) is 7.25. The van der Waals surface area contributed by atoms with E-state index >= 15 is 0 Å². The van der Waals surface area contributed by atoms with E-state index in [0.717, 1.165) is 0 Å². The predicted molar refractivity (Wildman–Crippen MR) is 94.8 cm³/mol. The number of nitrogens with zero attached hydrogens (tertiary/aromatic N) is 3. The molecule has 0 unspecified atom stereocenters. The smallest absolute Gasteiger partial charge is 0.201 e. The number of hydrogen-bond donors (Lipinski definition) is 6. The second kappa shape index (κ2) is 8.94. The van der Waals surface area contributed by atoms with Crippen molar-refractivity contribution < 1.29 is 0 Å². The summed E-state index contributed by atoms with van der Waals surface area (Å²) in [6.45, 7) is 3.58. The maximum absolute atomic E-state index is 5.14. The Labute approximate surface area is 138 Å². The van der Waals surface area contributed by atoms with E-state index < -0.39 is 0 Å². The lowest BCUT2D eigenvalue weighted by molar-refractivity contribution is 0.922. The second-order valence-electron chi connectivity index (χ2n) is 3.97. The van der Waals surface area contributed by atoms with Crippen LogP contribution in [0.5, 0.6) is 0 Å². The van der Waals surface area contributed by atoms with Crippen molar-refractivity contribution in [3.8, 4) is 0 Å². The summed E-state index contributed by atoms with van der Waals surface area (Å²) in [6, 6.07) is 5.47. The van der Waals surface area contributed by atoms with Gasteiger partial charge in [-0.15, -0.1) is 0 Å². The topological polar surface area (TPSA) is 138 Å². The summed E-state index contributed by atoms with van der Waals surface area (Å²) >= 11 is 9.66. The van der Waals surface area contributed by atoms with Crippen molar-refractivity contribution in [3.05, 3.63) is 29.6 Å². The van der Waals surface area contributed by atoms with Crippen molar-refractivity contribution in [2.45, 2.75) is 13.8 Å². The maximum atomic E-state index is 5.14. The molecule has 0 spiro atoms. The van der Waals surface area contributed by atoms with Crippen LogP contribution in [-0.2, 0) is 0 Å². The van der Waals surface area contributed by atoms with Crippen LogP contribution in [0.3, 0.4) is 0 Å². The van der Waals surface area contributed by atoms with Gasteiger partial charge in [-0.25, -0.2) is 16.7 Å². The van der Waals surface area contributed by atoms with Crippen molar-refractivity contribution in [3.63, 3.8) is 0 Å². The third-order valence-corrected chi connectivity index (χ3v) is 2.82. The van der Waals surface area contributed by atoms with Crippen LogP contribution < -0.4 is 33.4 Å². The van der Waals surface area contributed by atoms with Gasteiger partial charge in [0.1, 0.15) is 0 Å². The summed E-state index contributed by atoms with van der Waals surface area (Å²) in [5, 5.41) is 8.56. The minimum absolute atomic E-state index is 0.209. The Morgan fingerprint density at radius 2 is 1.36 bits per heavy atom. The summed E-state index contributed by atoms with van der Waals surface area (Å²) in [5.41, 5.74) is 12.3. The van der Waals surface area contributed by atoms with Crippen molar-refractivity contribution >= 4 is 46.1 Å². The molecule has 0 aliphatic rings. The number of aromatic nitrogens is 1. The van der Waals surface area contributed by atoms with Crippen LogP contribution in [0.15, 0.2) is 28.4 Å². The van der Waals surface area contributed by atoms with Gasteiger partial charge in [-0.05, 0) is 50.4 Å². The first-order valence-corrected chi connectivity index (χ1v) is 6.89. The third kappa shape index (κ3) is 5.65. The number of nitrogens with one attached hydrogen (secondary N) is 4. The number of thiocarbonyl (C=S) groups is 2. The molecule has 0 aliphatic heterocycles. The van der Waals surface area contributed by atoms with Crippen LogP contribution in [-0.4, -0.2) is 26.6 Å². The Morgan fingerprint density at radius 3 is 1.73 bits per heavy atom. The Bertz CT molecular complexity index is 562. The summed E-state index contributed by atoms with van der Waals surface area (Å²) in [7, 11) is 0. The molecule has 1 rings (SSSR count). The Hall–Kier alpha value is -2.21. The highest BCUT2D eigenvalue weighted by Gasteiger charge is 2.04. The van der Waals surface area contributed by atoms with E-state index in [9.17, 15) is 0 Å². The molecular weight excluding hydrogens is 322 g/mol. The van der Waals surface area contributed by atoms with Gasteiger partial charge in [0.05, 0.1) is 22.8 Å². The quantitative estimate of drug-likeness (QED) is 0.180. The van der Waals surface area contributed by atoms with Crippen molar-refractivity contribution in [2.75, 3.05) is 0 Å². The van der Waals surface area contributed by atoms with Crippen LogP contribution in [0.1, 0.15) is 25.2 Å². The lowest BCUT2D eigenvalue weighted by Crippen LogP contribution is -2.37. The molecule has 118 valence electrons. The van der Waals surface area contributed by atoms with Gasteiger partial charge in [-0.1, -0.05) is 6.07 Å².